The number of thioether (sulfide) groups is 1. The van der Waals surface area contributed by atoms with Gasteiger partial charge in [-0.15, -0.1) is 5.10 Å². The van der Waals surface area contributed by atoms with Crippen LogP contribution in [0, 0.1) is 24.4 Å². The van der Waals surface area contributed by atoms with E-state index in [-0.39, 0.29) is 17.9 Å². The Kier molecular flexibility index (Phi) is 9.33. The standard InChI is InChI=1S/C27H26F3N3O7S/c1-13-5-7-18(8-6-13)41-27-26(39-16(4)36)24(25(38-15(3)35)22(40-27)12-37-14(2)34)33-11-21(31-32-33)17-9-19(28)23(30)20(29)10-17/h5-11,22,24-27H,12H2,1-4H3/t22?,24-,25-,26?,27+/m0/s1. The number of ether oxygens (including phenoxy) is 4. The summed E-state index contributed by atoms with van der Waals surface area (Å²) in [6.07, 6.45) is -2.13. The van der Waals surface area contributed by atoms with Crippen LogP contribution in [-0.2, 0) is 33.3 Å². The molecule has 1 aromatic heterocycles. The molecule has 1 aliphatic heterocycles. The van der Waals surface area contributed by atoms with Gasteiger partial charge < -0.3 is 18.9 Å². The molecule has 2 aromatic carbocycles. The van der Waals surface area contributed by atoms with Gasteiger partial charge in [0.2, 0.25) is 0 Å². The van der Waals surface area contributed by atoms with Crippen molar-refractivity contribution in [1.82, 2.24) is 15.0 Å². The molecule has 3 aromatic rings. The lowest BCUT2D eigenvalue weighted by atomic mass is 9.96. The summed E-state index contributed by atoms with van der Waals surface area (Å²) in [6, 6.07) is 7.85. The van der Waals surface area contributed by atoms with Crippen LogP contribution in [0.4, 0.5) is 13.2 Å². The lowest BCUT2D eigenvalue weighted by Gasteiger charge is -2.44. The second-order valence-electron chi connectivity index (χ2n) is 9.25. The molecule has 0 radical (unpaired) electrons. The number of halogens is 3. The second-order valence-corrected chi connectivity index (χ2v) is 10.4. The molecule has 0 aliphatic carbocycles. The quantitative estimate of drug-likeness (QED) is 0.214. The molecule has 4 rings (SSSR count). The van der Waals surface area contributed by atoms with Crippen molar-refractivity contribution in [3.05, 3.63) is 65.6 Å². The normalized spacial score (nSPS) is 22.2. The lowest BCUT2D eigenvalue weighted by molar-refractivity contribution is -0.212. The van der Waals surface area contributed by atoms with Crippen LogP contribution in [0.3, 0.4) is 0 Å². The predicted octanol–water partition coefficient (Wildman–Crippen LogP) is 4.16. The zero-order valence-electron chi connectivity index (χ0n) is 22.4. The molecule has 1 fully saturated rings. The molecule has 10 nitrogen and oxygen atoms in total. The van der Waals surface area contributed by atoms with Crippen molar-refractivity contribution < 1.29 is 46.5 Å². The lowest BCUT2D eigenvalue weighted by Crippen LogP contribution is -2.57. The van der Waals surface area contributed by atoms with Crippen molar-refractivity contribution in [1.29, 1.82) is 0 Å². The highest BCUT2D eigenvalue weighted by Gasteiger charge is 2.52. The predicted molar refractivity (Wildman–Crippen MR) is 138 cm³/mol. The third kappa shape index (κ3) is 7.24. The summed E-state index contributed by atoms with van der Waals surface area (Å²) in [5.41, 5.74) is -0.0707. The van der Waals surface area contributed by atoms with Crippen molar-refractivity contribution >= 4 is 29.7 Å². The molecule has 1 saturated heterocycles. The highest BCUT2D eigenvalue weighted by molar-refractivity contribution is 7.99. The van der Waals surface area contributed by atoms with Gasteiger partial charge in [-0.25, -0.2) is 17.9 Å². The number of carbonyl (C=O) groups is 3. The Hall–Kier alpha value is -3.91. The van der Waals surface area contributed by atoms with E-state index in [1.807, 2.05) is 31.2 Å². The monoisotopic (exact) mass is 593 g/mol. The van der Waals surface area contributed by atoms with Crippen LogP contribution in [0.5, 0.6) is 0 Å². The third-order valence-electron chi connectivity index (χ3n) is 6.04. The molecular weight excluding hydrogens is 567 g/mol. The number of hydrogen-bond acceptors (Lipinski definition) is 10. The Morgan fingerprint density at radius 1 is 0.951 bits per heavy atom. The molecule has 1 aliphatic rings. The van der Waals surface area contributed by atoms with E-state index in [1.165, 1.54) is 36.5 Å². The summed E-state index contributed by atoms with van der Waals surface area (Å²) in [6.45, 7) is 5.14. The highest BCUT2D eigenvalue weighted by atomic mass is 32.2. The van der Waals surface area contributed by atoms with Crippen molar-refractivity contribution in [3.8, 4) is 11.3 Å². The number of carbonyl (C=O) groups excluding carboxylic acids is 3. The number of nitrogens with zero attached hydrogens (tertiary/aromatic N) is 3. The van der Waals surface area contributed by atoms with Gasteiger partial charge in [-0.2, -0.15) is 0 Å². The van der Waals surface area contributed by atoms with E-state index in [2.05, 4.69) is 10.3 Å². The van der Waals surface area contributed by atoms with Crippen LogP contribution in [0.25, 0.3) is 11.3 Å². The van der Waals surface area contributed by atoms with E-state index in [0.717, 1.165) is 29.5 Å². The minimum Gasteiger partial charge on any atom is -0.463 e. The van der Waals surface area contributed by atoms with Crippen LogP contribution < -0.4 is 0 Å². The summed E-state index contributed by atoms with van der Waals surface area (Å²) in [7, 11) is 0. The first-order chi connectivity index (χ1) is 19.4. The summed E-state index contributed by atoms with van der Waals surface area (Å²) >= 11 is 1.21. The fourth-order valence-electron chi connectivity index (χ4n) is 4.29. The molecule has 0 spiro atoms. The van der Waals surface area contributed by atoms with Crippen LogP contribution in [-0.4, -0.2) is 63.3 Å². The molecule has 0 saturated carbocycles. The van der Waals surface area contributed by atoms with Gasteiger partial charge in [0.25, 0.3) is 0 Å². The Morgan fingerprint density at radius 2 is 1.56 bits per heavy atom. The zero-order chi connectivity index (χ0) is 29.8. The summed E-state index contributed by atoms with van der Waals surface area (Å²) in [5.74, 6) is -6.49. The summed E-state index contributed by atoms with van der Waals surface area (Å²) < 4.78 is 65.3. The first-order valence-corrected chi connectivity index (χ1v) is 13.2. The van der Waals surface area contributed by atoms with Gasteiger partial charge in [-0.05, 0) is 31.2 Å². The average Bonchev–Trinajstić information content (AvgIpc) is 3.38. The van der Waals surface area contributed by atoms with Crippen molar-refractivity contribution in [2.75, 3.05) is 6.61 Å². The fourth-order valence-corrected chi connectivity index (χ4v) is 5.40. The molecule has 218 valence electrons. The van der Waals surface area contributed by atoms with E-state index >= 15 is 0 Å². The largest absolute Gasteiger partial charge is 0.463 e. The number of aryl methyl sites for hydroxylation is 1. The Labute approximate surface area is 237 Å². The molecule has 41 heavy (non-hydrogen) atoms. The van der Waals surface area contributed by atoms with Gasteiger partial charge >= 0.3 is 17.9 Å². The second kappa shape index (κ2) is 12.7. The Balaban J connectivity index is 1.81. The van der Waals surface area contributed by atoms with Crippen LogP contribution in [0.15, 0.2) is 47.5 Å². The molecule has 14 heteroatoms. The molecule has 2 heterocycles. The van der Waals surface area contributed by atoms with Gasteiger partial charge in [0, 0.05) is 31.2 Å². The van der Waals surface area contributed by atoms with E-state index in [1.54, 1.807) is 0 Å². The minimum atomic E-state index is -1.64. The minimum absolute atomic E-state index is 0.0447. The maximum atomic E-state index is 13.9. The molecule has 5 atom stereocenters. The van der Waals surface area contributed by atoms with Gasteiger partial charge in [0.15, 0.2) is 29.7 Å². The molecule has 0 N–H and O–H groups in total. The smallest absolute Gasteiger partial charge is 0.303 e. The molecular formula is C27H26F3N3O7S. The van der Waals surface area contributed by atoms with E-state index in [0.29, 0.717) is 0 Å². The van der Waals surface area contributed by atoms with Gasteiger partial charge in [-0.3, -0.25) is 14.4 Å². The molecule has 0 amide bonds. The summed E-state index contributed by atoms with van der Waals surface area (Å²) in [5, 5.41) is 8.03. The first kappa shape index (κ1) is 30.1. The Morgan fingerprint density at radius 3 is 2.15 bits per heavy atom. The number of aromatic nitrogens is 3. The Bertz CT molecular complexity index is 1410. The van der Waals surface area contributed by atoms with E-state index in [4.69, 9.17) is 18.9 Å². The number of rotatable bonds is 8. The van der Waals surface area contributed by atoms with Crippen LogP contribution >= 0.6 is 11.8 Å². The average molecular weight is 594 g/mol. The number of benzene rings is 2. The maximum absolute atomic E-state index is 13.9. The third-order valence-corrected chi connectivity index (χ3v) is 7.20. The first-order valence-electron chi connectivity index (χ1n) is 12.4. The highest BCUT2D eigenvalue weighted by Crippen LogP contribution is 2.41. The number of hydrogen-bond donors (Lipinski definition) is 0. The van der Waals surface area contributed by atoms with Crippen molar-refractivity contribution in [2.45, 2.75) is 62.4 Å². The van der Waals surface area contributed by atoms with Crippen LogP contribution in [0.1, 0.15) is 32.4 Å². The van der Waals surface area contributed by atoms with Crippen LogP contribution in [0.2, 0.25) is 0 Å². The number of esters is 3. The zero-order valence-corrected chi connectivity index (χ0v) is 23.2. The molecule has 0 bridgehead atoms. The van der Waals surface area contributed by atoms with Crippen molar-refractivity contribution in [3.63, 3.8) is 0 Å². The van der Waals surface area contributed by atoms with E-state index < -0.39 is 65.1 Å². The maximum Gasteiger partial charge on any atom is 0.303 e. The van der Waals surface area contributed by atoms with Gasteiger partial charge in [-0.1, -0.05) is 34.7 Å². The summed E-state index contributed by atoms with van der Waals surface area (Å²) in [4.78, 5) is 36.8. The van der Waals surface area contributed by atoms with Gasteiger partial charge in [0.1, 0.15) is 29.9 Å². The van der Waals surface area contributed by atoms with Crippen molar-refractivity contribution in [2.24, 2.45) is 0 Å². The molecule has 2 unspecified atom stereocenters. The van der Waals surface area contributed by atoms with E-state index in [9.17, 15) is 27.6 Å². The fraction of sp³-hybridized carbons (Fsp3) is 0.370. The SMILES string of the molecule is CC(=O)OCC1O[C@H](Sc2ccc(C)cc2)C(OC(C)=O)[C@@H](n2cc(-c3cc(F)c(F)c(F)c3)nn2)[C@H]1OC(C)=O. The van der Waals surface area contributed by atoms with Gasteiger partial charge in [0.05, 0.1) is 6.20 Å². The topological polar surface area (TPSA) is 119 Å².